The van der Waals surface area contributed by atoms with Gasteiger partial charge in [0.05, 0.1) is 5.43 Å². The van der Waals surface area contributed by atoms with Gasteiger partial charge in [0.2, 0.25) is 0 Å². The van der Waals surface area contributed by atoms with Crippen LogP contribution < -0.4 is 5.43 Å². The minimum Gasteiger partial charge on any atom is -0.527 e. The Morgan fingerprint density at radius 2 is 1.42 bits per heavy atom. The van der Waals surface area contributed by atoms with Crippen LogP contribution in [0.25, 0.3) is 22.3 Å². The Kier molecular flexibility index (Phi) is 15.3. The van der Waals surface area contributed by atoms with Crippen LogP contribution in [0.2, 0.25) is 0 Å². The van der Waals surface area contributed by atoms with Crippen molar-refractivity contribution in [3.05, 3.63) is 70.4 Å². The normalized spacial score (nSPS) is 8.54. The van der Waals surface area contributed by atoms with Crippen LogP contribution in [-0.4, -0.2) is 0 Å². The molecule has 2 radical (unpaired) electrons. The quantitative estimate of drug-likeness (QED) is 0.444. The molecule has 0 fully saturated rings. The van der Waals surface area contributed by atoms with Crippen LogP contribution in [0, 0.1) is 19.1 Å². The number of hydrogen-bond acceptors (Lipinski definition) is 2. The van der Waals surface area contributed by atoms with Crippen LogP contribution in [0.4, 0.5) is 0 Å². The van der Waals surface area contributed by atoms with E-state index in [9.17, 15) is 4.79 Å². The topological polar surface area (TPSA) is 30.2 Å². The van der Waals surface area contributed by atoms with Crippen molar-refractivity contribution in [3.63, 3.8) is 0 Å². The molecule has 0 aliphatic carbocycles. The summed E-state index contributed by atoms with van der Waals surface area (Å²) >= 11 is 0. The Morgan fingerprint density at radius 3 is 2.00 bits per heavy atom. The largest absolute Gasteiger partial charge is 0.527 e. The third kappa shape index (κ3) is 6.30. The number of fused-ring (bicyclic) bond motifs is 1. The van der Waals surface area contributed by atoms with Crippen molar-refractivity contribution in [2.45, 2.75) is 34.6 Å². The first kappa shape index (κ1) is 26.1. The van der Waals surface area contributed by atoms with Crippen LogP contribution in [0.5, 0.6) is 0 Å². The molecule has 0 saturated heterocycles. The fourth-order valence-electron chi connectivity index (χ4n) is 1.96. The summed E-state index contributed by atoms with van der Waals surface area (Å²) < 4.78 is 5.77. The van der Waals surface area contributed by atoms with E-state index in [1.54, 1.807) is 19.1 Å². The maximum absolute atomic E-state index is 12.2. The fraction of sp³-hybridized carbons (Fsp3) is 0.250. The van der Waals surface area contributed by atoms with E-state index in [1.165, 1.54) is 0 Å². The minimum absolute atomic E-state index is 0. The molecule has 1 aromatic heterocycles. The zero-order valence-corrected chi connectivity index (χ0v) is 20.7. The van der Waals surface area contributed by atoms with Crippen molar-refractivity contribution in [3.8, 4) is 11.3 Å². The van der Waals surface area contributed by atoms with Gasteiger partial charge in [0.1, 0.15) is 5.76 Å². The van der Waals surface area contributed by atoms with Crippen LogP contribution in [-0.2, 0) is 65.4 Å². The molecule has 4 heteroatoms. The van der Waals surface area contributed by atoms with Gasteiger partial charge in [-0.05, 0) is 12.5 Å². The average Bonchev–Trinajstić information content (AvgIpc) is 2.62. The zero-order chi connectivity index (χ0) is 16.5. The molecular weight excluding hydrogens is 450 g/mol. The van der Waals surface area contributed by atoms with E-state index < -0.39 is 0 Å². The Labute approximate surface area is 195 Å². The van der Waals surface area contributed by atoms with Crippen molar-refractivity contribution >= 4 is 11.0 Å². The number of hydrogen-bond donors (Lipinski definition) is 0. The van der Waals surface area contributed by atoms with E-state index in [4.69, 9.17) is 4.42 Å². The van der Waals surface area contributed by atoms with Gasteiger partial charge < -0.3 is 9.21 Å². The molecule has 2 nitrogen and oxygen atoms in total. The maximum atomic E-state index is 12.2. The van der Waals surface area contributed by atoms with E-state index in [1.807, 2.05) is 58.0 Å². The van der Waals surface area contributed by atoms with Crippen LogP contribution in [0.15, 0.2) is 51.7 Å². The van der Waals surface area contributed by atoms with E-state index in [-0.39, 0.29) is 70.8 Å². The van der Waals surface area contributed by atoms with Crippen molar-refractivity contribution in [1.82, 2.24) is 0 Å². The van der Waals surface area contributed by atoms with Gasteiger partial charge in [-0.3, -0.25) is 18.2 Å². The molecule has 0 aliphatic rings. The molecule has 0 bridgehead atoms. The smallest absolute Gasteiger partial charge is 0.115 e. The average molecular weight is 472 g/mol. The Bertz CT molecular complexity index is 765. The van der Waals surface area contributed by atoms with Gasteiger partial charge in [-0.2, -0.15) is 5.39 Å². The third-order valence-electron chi connectivity index (χ3n) is 2.90. The Balaban J connectivity index is 0. The summed E-state index contributed by atoms with van der Waals surface area (Å²) in [5, 5.41) is 0.453. The van der Waals surface area contributed by atoms with Gasteiger partial charge in [-0.15, -0.1) is 0 Å². The van der Waals surface area contributed by atoms with Gasteiger partial charge in [-0.25, -0.2) is 6.07 Å². The van der Waals surface area contributed by atoms with Crippen molar-refractivity contribution in [2.24, 2.45) is 0 Å². The molecule has 0 aliphatic heterocycles. The van der Waals surface area contributed by atoms with Crippen LogP contribution >= 0.6 is 0 Å². The summed E-state index contributed by atoms with van der Waals surface area (Å²) in [4.78, 5) is 12.2. The van der Waals surface area contributed by atoms with E-state index in [0.29, 0.717) is 22.3 Å². The van der Waals surface area contributed by atoms with E-state index in [2.05, 4.69) is 12.1 Å². The molecule has 0 atom stereocenters. The molecule has 0 unspecified atom stereocenters. The monoisotopic (exact) mass is 472 g/mol. The molecule has 3 aromatic rings. The Hall–Kier alpha value is -0.142. The van der Waals surface area contributed by atoms with Gasteiger partial charge in [0.25, 0.3) is 0 Å². The second-order valence-corrected chi connectivity index (χ2v) is 4.08. The van der Waals surface area contributed by atoms with Crippen molar-refractivity contribution in [2.75, 3.05) is 0 Å². The predicted octanol–water partition coefficient (Wildman–Crippen LogP) is 5.42. The molecule has 0 amide bonds. The molecule has 122 valence electrons. The van der Waals surface area contributed by atoms with Crippen LogP contribution in [0.1, 0.15) is 33.3 Å². The molecule has 1 heterocycles. The standard InChI is InChI=1S/C16H10O2.2C2H6.2Y/c1-11-15(17)13-9-5-6-10-14(13)18-16(11)12-7-3-2-4-8-12;2*1-2;;/h2-8H,1H3;2*1-2H3;;/q-2;;;;. The van der Waals surface area contributed by atoms with Gasteiger partial charge in [-0.1, -0.05) is 63.6 Å². The second kappa shape index (κ2) is 14.1. The molecule has 3 rings (SSSR count). The van der Waals surface area contributed by atoms with E-state index in [0.717, 1.165) is 5.56 Å². The molecular formula is C20H22O2Y2-2. The summed E-state index contributed by atoms with van der Waals surface area (Å²) in [7, 11) is 0. The first-order valence-electron chi connectivity index (χ1n) is 7.68. The first-order valence-corrected chi connectivity index (χ1v) is 7.68. The van der Waals surface area contributed by atoms with Crippen molar-refractivity contribution in [1.29, 1.82) is 0 Å². The van der Waals surface area contributed by atoms with E-state index >= 15 is 0 Å². The molecule has 0 N–H and O–H groups in total. The molecule has 24 heavy (non-hydrogen) atoms. The van der Waals surface area contributed by atoms with Crippen molar-refractivity contribution < 1.29 is 69.8 Å². The molecule has 0 spiro atoms. The summed E-state index contributed by atoms with van der Waals surface area (Å²) in [6.07, 6.45) is 0. The van der Waals surface area contributed by atoms with Gasteiger partial charge in [0.15, 0.2) is 0 Å². The third-order valence-corrected chi connectivity index (χ3v) is 2.90. The zero-order valence-electron chi connectivity index (χ0n) is 15.0. The second-order valence-electron chi connectivity index (χ2n) is 4.08. The first-order chi connectivity index (χ1) is 10.8. The molecule has 2 aromatic carbocycles. The van der Waals surface area contributed by atoms with Gasteiger partial charge in [0, 0.05) is 71.0 Å². The maximum Gasteiger partial charge on any atom is 0.115 e. The summed E-state index contributed by atoms with van der Waals surface area (Å²) in [6.45, 7) is 9.77. The number of benzene rings is 2. The number of rotatable bonds is 1. The predicted molar refractivity (Wildman–Crippen MR) is 93.0 cm³/mol. The van der Waals surface area contributed by atoms with Crippen LogP contribution in [0.3, 0.4) is 0 Å². The summed E-state index contributed by atoms with van der Waals surface area (Å²) in [5.41, 5.74) is 1.90. The summed E-state index contributed by atoms with van der Waals surface area (Å²) in [5.74, 6) is 0.601. The fourth-order valence-corrected chi connectivity index (χ4v) is 1.96. The van der Waals surface area contributed by atoms with Gasteiger partial charge >= 0.3 is 0 Å². The minimum atomic E-state index is -0.0491. The molecule has 0 saturated carbocycles. The summed E-state index contributed by atoms with van der Waals surface area (Å²) in [6, 6.07) is 18.8. The Morgan fingerprint density at radius 1 is 0.875 bits per heavy atom. The SMILES string of the molecule is CC.CC.Cc1c(-c2ccccc2)oc2[c-]cc[c-]c2c1=O.[Y].[Y].